The molecule has 0 bridgehead atoms. The minimum absolute atomic E-state index is 0.189. The van der Waals surface area contributed by atoms with Gasteiger partial charge in [0.05, 0.1) is 7.11 Å². The highest BCUT2D eigenvalue weighted by Gasteiger charge is 2.44. The van der Waals surface area contributed by atoms with Crippen molar-refractivity contribution in [3.63, 3.8) is 0 Å². The van der Waals surface area contributed by atoms with Crippen molar-refractivity contribution in [2.24, 2.45) is 17.8 Å². The average molecular weight is 349 g/mol. The molecule has 1 aromatic carbocycles. The van der Waals surface area contributed by atoms with E-state index in [0.29, 0.717) is 18.5 Å². The molecule has 1 aliphatic rings. The fraction of sp³-hybridized carbons (Fsp3) is 0.526. The first-order valence-corrected chi connectivity index (χ1v) is 8.51. The van der Waals surface area contributed by atoms with Gasteiger partial charge in [0, 0.05) is 24.3 Å². The summed E-state index contributed by atoms with van der Waals surface area (Å²) in [5.74, 6) is -4.24. The van der Waals surface area contributed by atoms with Crippen molar-refractivity contribution in [3.8, 4) is 0 Å². The Kier molecular flexibility index (Phi) is 6.28. The summed E-state index contributed by atoms with van der Waals surface area (Å²) >= 11 is 0. The van der Waals surface area contributed by atoms with Crippen LogP contribution >= 0.6 is 0 Å². The summed E-state index contributed by atoms with van der Waals surface area (Å²) in [5, 5.41) is 2.80. The number of carbonyl (C=O) groups is 3. The van der Waals surface area contributed by atoms with E-state index < -0.39 is 35.5 Å². The number of nitrogens with one attached hydrogen (secondary N) is 1. The molecule has 3 atom stereocenters. The number of halogens is 1. The summed E-state index contributed by atoms with van der Waals surface area (Å²) in [7, 11) is 1.23. The highest BCUT2D eigenvalue weighted by molar-refractivity contribution is 6.01. The molecule has 6 heteroatoms. The Balaban J connectivity index is 2.53. The molecule has 0 radical (unpaired) electrons. The molecule has 1 N–H and O–H groups in total. The maximum absolute atomic E-state index is 13.3. The van der Waals surface area contributed by atoms with Gasteiger partial charge < -0.3 is 10.1 Å². The Morgan fingerprint density at radius 2 is 1.88 bits per heavy atom. The van der Waals surface area contributed by atoms with Gasteiger partial charge in [-0.25, -0.2) is 4.39 Å². The number of rotatable bonds is 6. The molecular weight excluding hydrogens is 325 g/mol. The maximum atomic E-state index is 13.3. The maximum Gasteiger partial charge on any atom is 0.316 e. The SMILES string of the molecule is COC(=O)C(C(=O)C(C)C)C(c1ccc(F)cc1)C1CCCNC1=O. The third-order valence-corrected chi connectivity index (χ3v) is 4.71. The summed E-state index contributed by atoms with van der Waals surface area (Å²) in [6.45, 7) is 3.99. The van der Waals surface area contributed by atoms with Crippen LogP contribution in [-0.2, 0) is 19.1 Å². The lowest BCUT2D eigenvalue weighted by Crippen LogP contribution is -2.45. The summed E-state index contributed by atoms with van der Waals surface area (Å²) < 4.78 is 18.2. The Morgan fingerprint density at radius 3 is 2.40 bits per heavy atom. The molecular formula is C19H24FNO4. The molecule has 1 fully saturated rings. The molecule has 0 spiro atoms. The Hall–Kier alpha value is -2.24. The second-order valence-corrected chi connectivity index (χ2v) is 6.67. The standard InChI is InChI=1S/C19H24FNO4/c1-11(2)17(22)16(19(24)25-3)15(12-6-8-13(20)9-7-12)14-5-4-10-21-18(14)23/h6-9,11,14-16H,4-5,10H2,1-3H3,(H,21,23). The topological polar surface area (TPSA) is 72.5 Å². The molecule has 1 aromatic rings. The van der Waals surface area contributed by atoms with E-state index in [-0.39, 0.29) is 11.7 Å². The summed E-state index contributed by atoms with van der Waals surface area (Å²) in [6.07, 6.45) is 1.32. The monoisotopic (exact) mass is 349 g/mol. The van der Waals surface area contributed by atoms with Gasteiger partial charge in [0.2, 0.25) is 5.91 Å². The highest BCUT2D eigenvalue weighted by Crippen LogP contribution is 2.38. The zero-order valence-electron chi connectivity index (χ0n) is 14.8. The number of esters is 1. The van der Waals surface area contributed by atoms with Crippen molar-refractivity contribution in [2.75, 3.05) is 13.7 Å². The molecule has 25 heavy (non-hydrogen) atoms. The number of ketones is 1. The fourth-order valence-electron chi connectivity index (χ4n) is 3.41. The van der Waals surface area contributed by atoms with Crippen LogP contribution in [0.2, 0.25) is 0 Å². The van der Waals surface area contributed by atoms with E-state index in [0.717, 1.165) is 6.42 Å². The van der Waals surface area contributed by atoms with E-state index in [9.17, 15) is 18.8 Å². The Labute approximate surface area is 146 Å². The van der Waals surface area contributed by atoms with E-state index in [1.54, 1.807) is 13.8 Å². The molecule has 0 aromatic heterocycles. The largest absolute Gasteiger partial charge is 0.468 e. The summed E-state index contributed by atoms with van der Waals surface area (Å²) in [5.41, 5.74) is 0.591. The lowest BCUT2D eigenvalue weighted by Gasteiger charge is -2.34. The van der Waals surface area contributed by atoms with Crippen LogP contribution in [0.5, 0.6) is 0 Å². The number of carbonyl (C=O) groups excluding carboxylic acids is 3. The first-order valence-electron chi connectivity index (χ1n) is 8.51. The van der Waals surface area contributed by atoms with Gasteiger partial charge in [-0.15, -0.1) is 0 Å². The quantitative estimate of drug-likeness (QED) is 0.632. The predicted octanol–water partition coefficient (Wildman–Crippen LogP) is 2.45. The molecule has 1 saturated heterocycles. The summed E-state index contributed by atoms with van der Waals surface area (Å²) in [6, 6.07) is 5.62. The number of amides is 1. The summed E-state index contributed by atoms with van der Waals surface area (Å²) in [4.78, 5) is 37.6. The van der Waals surface area contributed by atoms with Crippen LogP contribution < -0.4 is 5.32 Å². The fourth-order valence-corrected chi connectivity index (χ4v) is 3.41. The molecule has 1 amide bonds. The number of piperidine rings is 1. The molecule has 0 aliphatic carbocycles. The molecule has 0 saturated carbocycles. The number of methoxy groups -OCH3 is 1. The van der Waals surface area contributed by atoms with E-state index in [1.807, 2.05) is 0 Å². The van der Waals surface area contributed by atoms with Gasteiger partial charge in [-0.1, -0.05) is 26.0 Å². The Bertz CT molecular complexity index is 641. The van der Waals surface area contributed by atoms with Crippen LogP contribution in [0.4, 0.5) is 4.39 Å². The first kappa shape index (κ1) is 19.1. The van der Waals surface area contributed by atoms with E-state index in [2.05, 4.69) is 5.32 Å². The van der Waals surface area contributed by atoms with Crippen molar-refractivity contribution in [2.45, 2.75) is 32.6 Å². The van der Waals surface area contributed by atoms with Crippen LogP contribution in [0.25, 0.3) is 0 Å². The van der Waals surface area contributed by atoms with Crippen LogP contribution in [0.3, 0.4) is 0 Å². The first-order chi connectivity index (χ1) is 11.9. The highest BCUT2D eigenvalue weighted by atomic mass is 19.1. The van der Waals surface area contributed by atoms with Crippen LogP contribution in [0, 0.1) is 23.6 Å². The third-order valence-electron chi connectivity index (χ3n) is 4.71. The van der Waals surface area contributed by atoms with Crippen molar-refractivity contribution in [1.29, 1.82) is 0 Å². The molecule has 136 valence electrons. The van der Waals surface area contributed by atoms with Crippen molar-refractivity contribution < 1.29 is 23.5 Å². The normalized spacial score (nSPS) is 19.9. The van der Waals surface area contributed by atoms with Crippen LogP contribution in [0.1, 0.15) is 38.2 Å². The van der Waals surface area contributed by atoms with Crippen molar-refractivity contribution >= 4 is 17.7 Å². The molecule has 3 unspecified atom stereocenters. The second kappa shape index (κ2) is 8.23. The lowest BCUT2D eigenvalue weighted by molar-refractivity contribution is -0.152. The number of hydrogen-bond donors (Lipinski definition) is 1. The van der Waals surface area contributed by atoms with Gasteiger partial charge >= 0.3 is 5.97 Å². The number of Topliss-reactive ketones (excluding diaryl/α,β-unsaturated/α-hetero) is 1. The second-order valence-electron chi connectivity index (χ2n) is 6.67. The van der Waals surface area contributed by atoms with E-state index in [1.165, 1.54) is 31.4 Å². The zero-order valence-corrected chi connectivity index (χ0v) is 14.8. The minimum Gasteiger partial charge on any atom is -0.468 e. The van der Waals surface area contributed by atoms with Gasteiger partial charge in [0.1, 0.15) is 17.5 Å². The van der Waals surface area contributed by atoms with Crippen molar-refractivity contribution in [1.82, 2.24) is 5.32 Å². The number of ether oxygens (including phenoxy) is 1. The zero-order chi connectivity index (χ0) is 18.6. The van der Waals surface area contributed by atoms with Gasteiger partial charge in [-0.2, -0.15) is 0 Å². The Morgan fingerprint density at radius 1 is 1.24 bits per heavy atom. The van der Waals surface area contributed by atoms with Gasteiger partial charge in [0.15, 0.2) is 0 Å². The van der Waals surface area contributed by atoms with Crippen LogP contribution in [-0.4, -0.2) is 31.3 Å². The van der Waals surface area contributed by atoms with Crippen molar-refractivity contribution in [3.05, 3.63) is 35.6 Å². The molecule has 1 aliphatic heterocycles. The number of benzene rings is 1. The van der Waals surface area contributed by atoms with Gasteiger partial charge in [-0.3, -0.25) is 14.4 Å². The molecule has 1 heterocycles. The lowest BCUT2D eigenvalue weighted by atomic mass is 9.70. The van der Waals surface area contributed by atoms with Gasteiger partial charge in [0.25, 0.3) is 0 Å². The van der Waals surface area contributed by atoms with E-state index in [4.69, 9.17) is 4.74 Å². The number of hydrogen-bond acceptors (Lipinski definition) is 4. The smallest absolute Gasteiger partial charge is 0.316 e. The average Bonchev–Trinajstić information content (AvgIpc) is 2.60. The van der Waals surface area contributed by atoms with Crippen LogP contribution in [0.15, 0.2) is 24.3 Å². The molecule has 5 nitrogen and oxygen atoms in total. The minimum atomic E-state index is -1.09. The van der Waals surface area contributed by atoms with Gasteiger partial charge in [-0.05, 0) is 30.5 Å². The molecule has 2 rings (SSSR count). The third kappa shape index (κ3) is 4.24. The van der Waals surface area contributed by atoms with E-state index >= 15 is 0 Å². The predicted molar refractivity (Wildman–Crippen MR) is 90.2 cm³/mol.